The number of ether oxygens (including phenoxy) is 3. The maximum absolute atomic E-state index is 10.8. The third-order valence-electron chi connectivity index (χ3n) is 3.34. The minimum absolute atomic E-state index is 0.0337. The van der Waals surface area contributed by atoms with E-state index in [1.807, 2.05) is 0 Å². The molecule has 2 aromatic carbocycles. The van der Waals surface area contributed by atoms with Crippen LogP contribution in [0.1, 0.15) is 11.1 Å². The Balaban J connectivity index is 2.29. The predicted octanol–water partition coefficient (Wildman–Crippen LogP) is 3.64. The van der Waals surface area contributed by atoms with Crippen LogP contribution >= 0.6 is 11.6 Å². The summed E-state index contributed by atoms with van der Waals surface area (Å²) in [4.78, 5) is 10.3. The molecule has 9 heteroatoms. The highest BCUT2D eigenvalue weighted by Crippen LogP contribution is 2.38. The SMILES string of the molecule is COc1cc(/C(Cl)=N/N=C/c2cccc([N+](=O)[O-])c2)cc(OC)c1OC. The van der Waals surface area contributed by atoms with E-state index in [4.69, 9.17) is 25.8 Å². The molecule has 0 amide bonds. The number of non-ortho nitro benzene ring substituents is 1. The van der Waals surface area contributed by atoms with Gasteiger partial charge in [0.2, 0.25) is 5.75 Å². The molecule has 0 atom stereocenters. The molecule has 2 aromatic rings. The van der Waals surface area contributed by atoms with E-state index in [-0.39, 0.29) is 10.9 Å². The van der Waals surface area contributed by atoms with Gasteiger partial charge in [-0.1, -0.05) is 23.7 Å². The first-order valence-electron chi connectivity index (χ1n) is 7.31. The van der Waals surface area contributed by atoms with Crippen molar-refractivity contribution in [2.24, 2.45) is 10.2 Å². The Morgan fingerprint density at radius 2 is 1.77 bits per heavy atom. The summed E-state index contributed by atoms with van der Waals surface area (Å²) in [7, 11) is 4.48. The second kappa shape index (κ2) is 8.82. The van der Waals surface area contributed by atoms with Crippen LogP contribution in [-0.2, 0) is 0 Å². The van der Waals surface area contributed by atoms with Crippen molar-refractivity contribution in [2.75, 3.05) is 21.3 Å². The molecule has 0 aliphatic rings. The van der Waals surface area contributed by atoms with Crippen LogP contribution in [0, 0.1) is 10.1 Å². The predicted molar refractivity (Wildman–Crippen MR) is 99.2 cm³/mol. The zero-order valence-corrected chi connectivity index (χ0v) is 15.1. The van der Waals surface area contributed by atoms with Gasteiger partial charge in [-0.2, -0.15) is 5.10 Å². The molecule has 0 fully saturated rings. The van der Waals surface area contributed by atoms with Crippen molar-refractivity contribution in [3.05, 3.63) is 57.6 Å². The second-order valence-electron chi connectivity index (χ2n) is 4.90. The molecule has 0 spiro atoms. The first kappa shape index (κ1) is 19.2. The van der Waals surface area contributed by atoms with Crippen molar-refractivity contribution < 1.29 is 19.1 Å². The monoisotopic (exact) mass is 377 g/mol. The lowest BCUT2D eigenvalue weighted by Crippen LogP contribution is -1.99. The number of hydrogen-bond acceptors (Lipinski definition) is 7. The van der Waals surface area contributed by atoms with Gasteiger partial charge in [-0.3, -0.25) is 10.1 Å². The van der Waals surface area contributed by atoms with Crippen molar-refractivity contribution >= 4 is 28.7 Å². The molecule has 0 saturated carbocycles. The van der Waals surface area contributed by atoms with Crippen molar-refractivity contribution in [2.45, 2.75) is 0 Å². The van der Waals surface area contributed by atoms with Crippen molar-refractivity contribution in [3.63, 3.8) is 0 Å². The molecule has 0 unspecified atom stereocenters. The van der Waals surface area contributed by atoms with Crippen LogP contribution < -0.4 is 14.2 Å². The van der Waals surface area contributed by atoms with E-state index in [9.17, 15) is 10.1 Å². The van der Waals surface area contributed by atoms with E-state index >= 15 is 0 Å². The molecule has 8 nitrogen and oxygen atoms in total. The van der Waals surface area contributed by atoms with Crippen LogP contribution in [0.2, 0.25) is 0 Å². The maximum atomic E-state index is 10.8. The molecular formula is C17H16ClN3O5. The minimum atomic E-state index is -0.483. The van der Waals surface area contributed by atoms with Gasteiger partial charge in [0.15, 0.2) is 16.7 Å². The quantitative estimate of drug-likeness (QED) is 0.417. The van der Waals surface area contributed by atoms with E-state index in [0.29, 0.717) is 28.4 Å². The lowest BCUT2D eigenvalue weighted by Gasteiger charge is -2.13. The standard InChI is InChI=1S/C17H16ClN3O5/c1-24-14-8-12(9-15(25-2)16(14)26-3)17(18)20-19-10-11-5-4-6-13(7-11)21(22)23/h4-10H,1-3H3/b19-10+,20-17-. The molecule has 136 valence electrons. The summed E-state index contributed by atoms with van der Waals surface area (Å²) in [6, 6.07) is 9.27. The number of nitro benzene ring substituents is 1. The Hall–Kier alpha value is -3.13. The molecular weight excluding hydrogens is 362 g/mol. The number of nitrogens with zero attached hydrogens (tertiary/aromatic N) is 3. The second-order valence-corrected chi connectivity index (χ2v) is 5.26. The average molecular weight is 378 g/mol. The van der Waals surface area contributed by atoms with Crippen LogP contribution in [0.15, 0.2) is 46.6 Å². The van der Waals surface area contributed by atoms with Crippen molar-refractivity contribution in [1.82, 2.24) is 0 Å². The Morgan fingerprint density at radius 3 is 2.31 bits per heavy atom. The van der Waals surface area contributed by atoms with Crippen molar-refractivity contribution in [1.29, 1.82) is 0 Å². The Kier molecular flexibility index (Phi) is 6.51. The van der Waals surface area contributed by atoms with E-state index in [2.05, 4.69) is 10.2 Å². The molecule has 0 aliphatic heterocycles. The summed E-state index contributed by atoms with van der Waals surface area (Å²) >= 11 is 6.18. The Morgan fingerprint density at radius 1 is 1.12 bits per heavy atom. The van der Waals surface area contributed by atoms with E-state index in [1.165, 1.54) is 39.7 Å². The van der Waals surface area contributed by atoms with Gasteiger partial charge in [0, 0.05) is 23.3 Å². The highest BCUT2D eigenvalue weighted by Gasteiger charge is 2.15. The zero-order chi connectivity index (χ0) is 19.1. The van der Waals surface area contributed by atoms with Gasteiger partial charge in [0.1, 0.15) is 0 Å². The average Bonchev–Trinajstić information content (AvgIpc) is 2.66. The van der Waals surface area contributed by atoms with Crippen LogP contribution in [0.3, 0.4) is 0 Å². The number of methoxy groups -OCH3 is 3. The van der Waals surface area contributed by atoms with Crippen LogP contribution in [0.4, 0.5) is 5.69 Å². The number of benzene rings is 2. The molecule has 2 rings (SSSR count). The molecule has 0 bridgehead atoms. The number of hydrogen-bond donors (Lipinski definition) is 0. The molecule has 0 radical (unpaired) electrons. The Bertz CT molecular complexity index is 842. The fourth-order valence-corrected chi connectivity index (χ4v) is 2.28. The zero-order valence-electron chi connectivity index (χ0n) is 14.3. The summed E-state index contributed by atoms with van der Waals surface area (Å²) in [6.07, 6.45) is 1.37. The number of rotatable bonds is 7. The summed E-state index contributed by atoms with van der Waals surface area (Å²) in [6.45, 7) is 0. The van der Waals surface area contributed by atoms with E-state index in [0.717, 1.165) is 0 Å². The highest BCUT2D eigenvalue weighted by molar-refractivity contribution is 6.69. The van der Waals surface area contributed by atoms with Gasteiger partial charge in [-0.25, -0.2) is 0 Å². The lowest BCUT2D eigenvalue weighted by atomic mass is 10.2. The smallest absolute Gasteiger partial charge is 0.270 e. The summed E-state index contributed by atoms with van der Waals surface area (Å²) in [5.74, 6) is 1.29. The number of nitro groups is 1. The fourth-order valence-electron chi connectivity index (χ4n) is 2.12. The molecule has 0 saturated heterocycles. The van der Waals surface area contributed by atoms with Gasteiger partial charge in [0.25, 0.3) is 5.69 Å². The van der Waals surface area contributed by atoms with E-state index in [1.54, 1.807) is 24.3 Å². The number of halogens is 1. The van der Waals surface area contributed by atoms with Gasteiger partial charge in [-0.15, -0.1) is 5.10 Å². The summed E-state index contributed by atoms with van der Waals surface area (Å²) < 4.78 is 15.8. The fraction of sp³-hybridized carbons (Fsp3) is 0.176. The normalized spacial score (nSPS) is 11.5. The van der Waals surface area contributed by atoms with Gasteiger partial charge < -0.3 is 14.2 Å². The first-order valence-corrected chi connectivity index (χ1v) is 7.69. The Labute approximate surface area is 154 Å². The molecule has 0 aliphatic carbocycles. The lowest BCUT2D eigenvalue weighted by molar-refractivity contribution is -0.384. The van der Waals surface area contributed by atoms with Crippen LogP contribution in [-0.4, -0.2) is 37.6 Å². The molecule has 0 heterocycles. The van der Waals surface area contributed by atoms with Gasteiger partial charge >= 0.3 is 0 Å². The largest absolute Gasteiger partial charge is 0.493 e. The summed E-state index contributed by atoms with van der Waals surface area (Å²) in [5.41, 5.74) is 1.00. The summed E-state index contributed by atoms with van der Waals surface area (Å²) in [5, 5.41) is 18.6. The highest BCUT2D eigenvalue weighted by atomic mass is 35.5. The first-order chi connectivity index (χ1) is 12.5. The topological polar surface area (TPSA) is 95.6 Å². The van der Waals surface area contributed by atoms with Crippen molar-refractivity contribution in [3.8, 4) is 17.2 Å². The third-order valence-corrected chi connectivity index (χ3v) is 3.63. The van der Waals surface area contributed by atoms with Crippen LogP contribution in [0.25, 0.3) is 0 Å². The van der Waals surface area contributed by atoms with Crippen LogP contribution in [0.5, 0.6) is 17.2 Å². The van der Waals surface area contributed by atoms with E-state index < -0.39 is 4.92 Å². The molecule has 26 heavy (non-hydrogen) atoms. The maximum Gasteiger partial charge on any atom is 0.270 e. The third kappa shape index (κ3) is 4.48. The minimum Gasteiger partial charge on any atom is -0.493 e. The molecule has 0 N–H and O–H groups in total. The van der Waals surface area contributed by atoms with Gasteiger partial charge in [0.05, 0.1) is 32.5 Å². The van der Waals surface area contributed by atoms with Gasteiger partial charge in [-0.05, 0) is 12.1 Å². The molecule has 0 aromatic heterocycles.